The van der Waals surface area contributed by atoms with Crippen molar-refractivity contribution in [3.05, 3.63) is 36.3 Å². The Morgan fingerprint density at radius 1 is 1.13 bits per heavy atom. The van der Waals surface area contributed by atoms with E-state index in [-0.39, 0.29) is 0 Å². The molecular formula is C16H22N6O. The molecule has 4 heterocycles. The van der Waals surface area contributed by atoms with Gasteiger partial charge in [0, 0.05) is 71.2 Å². The lowest BCUT2D eigenvalue weighted by Gasteiger charge is -2.48. The summed E-state index contributed by atoms with van der Waals surface area (Å²) in [4.78, 5) is 20.3. The first kappa shape index (κ1) is 14.6. The molecule has 23 heavy (non-hydrogen) atoms. The minimum absolute atomic E-state index is 0.668. The summed E-state index contributed by atoms with van der Waals surface area (Å²) in [6, 6.07) is 2.53. The van der Waals surface area contributed by atoms with Crippen molar-refractivity contribution in [1.29, 1.82) is 0 Å². The highest BCUT2D eigenvalue weighted by Crippen LogP contribution is 2.20. The first-order valence-electron chi connectivity index (χ1n) is 8.17. The van der Waals surface area contributed by atoms with Gasteiger partial charge in [-0.2, -0.15) is 0 Å². The lowest BCUT2D eigenvalue weighted by Crippen LogP contribution is -2.62. The molecule has 0 spiro atoms. The predicted octanol–water partition coefficient (Wildman–Crippen LogP) is 0.779. The number of aryl methyl sites for hydroxylation is 1. The standard InChI is InChI=1S/C16H22N6O/c1-13-19-14(12-23-13)9-20-10-15(11-20)21-5-7-22(8-6-21)16-17-3-2-4-18-16/h2-4,12,15H,5-11H2,1H3. The number of hydrogen-bond donors (Lipinski definition) is 0. The van der Waals surface area contributed by atoms with Crippen molar-refractivity contribution in [3.63, 3.8) is 0 Å². The van der Waals surface area contributed by atoms with Crippen molar-refractivity contribution in [3.8, 4) is 0 Å². The Hall–Kier alpha value is -1.99. The number of aromatic nitrogens is 3. The molecule has 2 aliphatic rings. The first-order chi connectivity index (χ1) is 11.3. The average Bonchev–Trinajstić information content (AvgIpc) is 2.97. The number of rotatable bonds is 4. The molecule has 0 aliphatic carbocycles. The summed E-state index contributed by atoms with van der Waals surface area (Å²) < 4.78 is 5.27. The molecule has 0 bridgehead atoms. The van der Waals surface area contributed by atoms with Crippen molar-refractivity contribution >= 4 is 5.95 Å². The molecule has 0 N–H and O–H groups in total. The molecule has 0 atom stereocenters. The van der Waals surface area contributed by atoms with Crippen LogP contribution in [0, 0.1) is 6.92 Å². The Bertz CT molecular complexity index is 631. The van der Waals surface area contributed by atoms with Crippen LogP contribution in [0.3, 0.4) is 0 Å². The summed E-state index contributed by atoms with van der Waals surface area (Å²) in [5.41, 5.74) is 1.03. The maximum atomic E-state index is 5.27. The highest BCUT2D eigenvalue weighted by molar-refractivity contribution is 5.29. The predicted molar refractivity (Wildman–Crippen MR) is 86.1 cm³/mol. The molecule has 2 aromatic heterocycles. The third kappa shape index (κ3) is 3.20. The zero-order valence-corrected chi connectivity index (χ0v) is 13.4. The molecule has 0 amide bonds. The lowest BCUT2D eigenvalue weighted by molar-refractivity contribution is 0.0247. The van der Waals surface area contributed by atoms with Crippen LogP contribution < -0.4 is 4.90 Å². The fraction of sp³-hybridized carbons (Fsp3) is 0.562. The van der Waals surface area contributed by atoms with Crippen LogP contribution in [0.4, 0.5) is 5.95 Å². The van der Waals surface area contributed by atoms with Gasteiger partial charge in [-0.15, -0.1) is 0 Å². The van der Waals surface area contributed by atoms with Crippen LogP contribution >= 0.6 is 0 Å². The molecule has 7 heteroatoms. The summed E-state index contributed by atoms with van der Waals surface area (Å²) in [5.74, 6) is 1.60. The summed E-state index contributed by atoms with van der Waals surface area (Å²) in [6.45, 7) is 9.19. The molecule has 0 saturated carbocycles. The first-order valence-corrected chi connectivity index (χ1v) is 8.17. The molecule has 0 aromatic carbocycles. The van der Waals surface area contributed by atoms with Crippen LogP contribution in [0.5, 0.6) is 0 Å². The molecular weight excluding hydrogens is 292 g/mol. The Morgan fingerprint density at radius 3 is 2.52 bits per heavy atom. The van der Waals surface area contributed by atoms with Crippen LogP contribution in [0.2, 0.25) is 0 Å². The number of oxazole rings is 1. The average molecular weight is 314 g/mol. The van der Waals surface area contributed by atoms with Gasteiger partial charge in [-0.25, -0.2) is 15.0 Å². The molecule has 4 rings (SSSR count). The maximum Gasteiger partial charge on any atom is 0.225 e. The van der Waals surface area contributed by atoms with Crippen molar-refractivity contribution in [1.82, 2.24) is 24.8 Å². The Morgan fingerprint density at radius 2 is 1.87 bits per heavy atom. The van der Waals surface area contributed by atoms with Gasteiger partial charge >= 0.3 is 0 Å². The van der Waals surface area contributed by atoms with E-state index in [1.165, 1.54) is 0 Å². The SMILES string of the molecule is Cc1nc(CN2CC(N3CCN(c4ncccn4)CC3)C2)co1. The normalized spacial score (nSPS) is 20.7. The van der Waals surface area contributed by atoms with E-state index < -0.39 is 0 Å². The number of nitrogens with zero attached hydrogens (tertiary/aromatic N) is 6. The number of likely N-dealkylation sites (tertiary alicyclic amines) is 1. The van der Waals surface area contributed by atoms with Crippen molar-refractivity contribution in [2.45, 2.75) is 19.5 Å². The van der Waals surface area contributed by atoms with Crippen molar-refractivity contribution in [2.24, 2.45) is 0 Å². The number of piperazine rings is 1. The largest absolute Gasteiger partial charge is 0.449 e. The van der Waals surface area contributed by atoms with E-state index >= 15 is 0 Å². The summed E-state index contributed by atoms with van der Waals surface area (Å²) >= 11 is 0. The molecule has 7 nitrogen and oxygen atoms in total. The van der Waals surface area contributed by atoms with Crippen LogP contribution in [-0.2, 0) is 6.54 Å². The monoisotopic (exact) mass is 314 g/mol. The van der Waals surface area contributed by atoms with E-state index in [0.717, 1.165) is 63.3 Å². The highest BCUT2D eigenvalue weighted by Gasteiger charge is 2.34. The third-order valence-corrected chi connectivity index (χ3v) is 4.66. The van der Waals surface area contributed by atoms with Gasteiger partial charge in [0.05, 0.1) is 5.69 Å². The highest BCUT2D eigenvalue weighted by atomic mass is 16.3. The van der Waals surface area contributed by atoms with Crippen molar-refractivity contribution in [2.75, 3.05) is 44.2 Å². The Balaban J connectivity index is 1.23. The van der Waals surface area contributed by atoms with Gasteiger partial charge in [0.25, 0.3) is 0 Å². The molecule has 122 valence electrons. The van der Waals surface area contributed by atoms with E-state index in [1.54, 1.807) is 6.26 Å². The van der Waals surface area contributed by atoms with E-state index in [0.29, 0.717) is 6.04 Å². The minimum Gasteiger partial charge on any atom is -0.449 e. The van der Waals surface area contributed by atoms with Crippen LogP contribution in [0.1, 0.15) is 11.6 Å². The second kappa shape index (κ2) is 6.25. The van der Waals surface area contributed by atoms with E-state index in [1.807, 2.05) is 25.4 Å². The number of hydrogen-bond acceptors (Lipinski definition) is 7. The molecule has 2 aromatic rings. The topological polar surface area (TPSA) is 61.5 Å². The van der Waals surface area contributed by atoms with Gasteiger partial charge in [0.15, 0.2) is 5.89 Å². The van der Waals surface area contributed by atoms with Crippen LogP contribution in [-0.4, -0.2) is 70.1 Å². The lowest BCUT2D eigenvalue weighted by atomic mass is 10.1. The zero-order valence-electron chi connectivity index (χ0n) is 13.4. The molecule has 0 unspecified atom stereocenters. The smallest absolute Gasteiger partial charge is 0.225 e. The molecule has 2 aliphatic heterocycles. The van der Waals surface area contributed by atoms with Gasteiger partial charge < -0.3 is 9.32 Å². The molecule has 2 fully saturated rings. The zero-order chi connectivity index (χ0) is 15.6. The summed E-state index contributed by atoms with van der Waals surface area (Å²) in [7, 11) is 0. The van der Waals surface area contributed by atoms with Gasteiger partial charge in [-0.05, 0) is 6.07 Å². The Kier molecular flexibility index (Phi) is 3.97. The van der Waals surface area contributed by atoms with Gasteiger partial charge in [0.1, 0.15) is 6.26 Å². The quantitative estimate of drug-likeness (QED) is 0.826. The Labute approximate surface area is 135 Å². The van der Waals surface area contributed by atoms with Crippen LogP contribution in [0.15, 0.2) is 29.1 Å². The van der Waals surface area contributed by atoms with Gasteiger partial charge in [0.2, 0.25) is 5.95 Å². The minimum atomic E-state index is 0.668. The van der Waals surface area contributed by atoms with Gasteiger partial charge in [-0.1, -0.05) is 0 Å². The van der Waals surface area contributed by atoms with Crippen LogP contribution in [0.25, 0.3) is 0 Å². The fourth-order valence-corrected chi connectivity index (χ4v) is 3.35. The fourth-order valence-electron chi connectivity index (χ4n) is 3.35. The van der Waals surface area contributed by atoms with Crippen molar-refractivity contribution < 1.29 is 4.42 Å². The third-order valence-electron chi connectivity index (χ3n) is 4.66. The summed E-state index contributed by atoms with van der Waals surface area (Å²) in [5, 5.41) is 0. The van der Waals surface area contributed by atoms with E-state index in [9.17, 15) is 0 Å². The van der Waals surface area contributed by atoms with E-state index in [2.05, 4.69) is 29.7 Å². The second-order valence-corrected chi connectivity index (χ2v) is 6.28. The molecule has 0 radical (unpaired) electrons. The second-order valence-electron chi connectivity index (χ2n) is 6.28. The van der Waals surface area contributed by atoms with E-state index in [4.69, 9.17) is 4.42 Å². The molecule has 2 saturated heterocycles. The van der Waals surface area contributed by atoms with Gasteiger partial charge in [-0.3, -0.25) is 9.80 Å². The summed E-state index contributed by atoms with van der Waals surface area (Å²) in [6.07, 6.45) is 5.38. The number of anilines is 1. The maximum absolute atomic E-state index is 5.27.